The summed E-state index contributed by atoms with van der Waals surface area (Å²) in [6, 6.07) is 0.706. The molecule has 4 heteroatoms. The Morgan fingerprint density at radius 1 is 1.24 bits per heavy atom. The van der Waals surface area contributed by atoms with E-state index in [1.807, 2.05) is 0 Å². The Balaban J connectivity index is 1.67. The molecule has 0 aliphatic carbocycles. The Labute approximate surface area is 105 Å². The summed E-state index contributed by atoms with van der Waals surface area (Å²) >= 11 is 0. The highest BCUT2D eigenvalue weighted by atomic mass is 16.7. The fourth-order valence-electron chi connectivity index (χ4n) is 2.69. The molecule has 4 nitrogen and oxygen atoms in total. The lowest BCUT2D eigenvalue weighted by Gasteiger charge is -2.36. The number of hydrogen-bond acceptors (Lipinski definition) is 4. The van der Waals surface area contributed by atoms with E-state index >= 15 is 0 Å². The molecule has 0 radical (unpaired) electrons. The SMILES string of the molecule is CN1CCCC(N(C)CCC2OCCCO2)C1. The van der Waals surface area contributed by atoms with Crippen LogP contribution in [0.15, 0.2) is 0 Å². The van der Waals surface area contributed by atoms with Crippen LogP contribution in [0.25, 0.3) is 0 Å². The van der Waals surface area contributed by atoms with E-state index in [9.17, 15) is 0 Å². The van der Waals surface area contributed by atoms with Crippen LogP contribution in [0.5, 0.6) is 0 Å². The van der Waals surface area contributed by atoms with Crippen LogP contribution >= 0.6 is 0 Å². The topological polar surface area (TPSA) is 24.9 Å². The summed E-state index contributed by atoms with van der Waals surface area (Å²) in [6.45, 7) is 5.24. The number of likely N-dealkylation sites (N-methyl/N-ethyl adjacent to an activating group) is 2. The smallest absolute Gasteiger partial charge is 0.158 e. The van der Waals surface area contributed by atoms with Crippen molar-refractivity contribution in [2.45, 2.75) is 38.0 Å². The minimum absolute atomic E-state index is 0.0347. The van der Waals surface area contributed by atoms with E-state index in [0.29, 0.717) is 6.04 Å². The largest absolute Gasteiger partial charge is 0.353 e. The Morgan fingerprint density at radius 3 is 2.71 bits per heavy atom. The zero-order valence-electron chi connectivity index (χ0n) is 11.2. The molecular weight excluding hydrogens is 216 g/mol. The number of rotatable bonds is 4. The predicted octanol–water partition coefficient (Wildman–Crippen LogP) is 1.17. The maximum atomic E-state index is 5.58. The van der Waals surface area contributed by atoms with Crippen LogP contribution < -0.4 is 0 Å². The molecule has 0 N–H and O–H groups in total. The molecule has 2 saturated heterocycles. The van der Waals surface area contributed by atoms with Crippen LogP contribution in [0.3, 0.4) is 0 Å². The van der Waals surface area contributed by atoms with Crippen LogP contribution in [0.4, 0.5) is 0 Å². The van der Waals surface area contributed by atoms with Crippen LogP contribution in [0, 0.1) is 0 Å². The highest BCUT2D eigenvalue weighted by Crippen LogP contribution is 2.15. The Bertz CT molecular complexity index is 219. The zero-order chi connectivity index (χ0) is 12.1. The first kappa shape index (κ1) is 13.3. The van der Waals surface area contributed by atoms with Gasteiger partial charge in [0, 0.05) is 25.6 Å². The van der Waals surface area contributed by atoms with Gasteiger partial charge in [0.15, 0.2) is 6.29 Å². The molecule has 17 heavy (non-hydrogen) atoms. The molecule has 2 rings (SSSR count). The molecule has 0 saturated carbocycles. The molecule has 0 spiro atoms. The number of likely N-dealkylation sites (tertiary alicyclic amines) is 1. The summed E-state index contributed by atoms with van der Waals surface area (Å²) in [4.78, 5) is 4.90. The van der Waals surface area contributed by atoms with Crippen molar-refractivity contribution >= 4 is 0 Å². The number of piperidine rings is 1. The molecule has 2 heterocycles. The second kappa shape index (κ2) is 6.69. The third kappa shape index (κ3) is 4.21. The van der Waals surface area contributed by atoms with E-state index in [0.717, 1.165) is 32.6 Å². The molecule has 2 fully saturated rings. The Morgan fingerprint density at radius 2 is 2.00 bits per heavy atom. The van der Waals surface area contributed by atoms with Crippen molar-refractivity contribution in [2.75, 3.05) is 46.9 Å². The number of hydrogen-bond donors (Lipinski definition) is 0. The van der Waals surface area contributed by atoms with Crippen LogP contribution in [-0.4, -0.2) is 69.1 Å². The van der Waals surface area contributed by atoms with Gasteiger partial charge in [0.2, 0.25) is 0 Å². The van der Waals surface area contributed by atoms with E-state index in [2.05, 4.69) is 23.9 Å². The minimum Gasteiger partial charge on any atom is -0.353 e. The fraction of sp³-hybridized carbons (Fsp3) is 1.00. The van der Waals surface area contributed by atoms with Gasteiger partial charge in [0.05, 0.1) is 13.2 Å². The molecule has 0 amide bonds. The molecule has 0 aromatic heterocycles. The van der Waals surface area contributed by atoms with Gasteiger partial charge in [-0.1, -0.05) is 0 Å². The van der Waals surface area contributed by atoms with Crippen molar-refractivity contribution in [3.8, 4) is 0 Å². The molecule has 2 aliphatic rings. The van der Waals surface area contributed by atoms with E-state index in [-0.39, 0.29) is 6.29 Å². The van der Waals surface area contributed by atoms with Gasteiger partial charge in [-0.3, -0.25) is 0 Å². The first-order chi connectivity index (χ1) is 8.25. The van der Waals surface area contributed by atoms with Gasteiger partial charge in [0.25, 0.3) is 0 Å². The molecule has 1 atom stereocenters. The summed E-state index contributed by atoms with van der Waals surface area (Å²) in [5.41, 5.74) is 0. The fourth-order valence-corrected chi connectivity index (χ4v) is 2.69. The standard InChI is InChI=1S/C13H26N2O2/c1-14-7-3-5-12(11-14)15(2)8-6-13-16-9-4-10-17-13/h12-13H,3-11H2,1-2H3. The van der Waals surface area contributed by atoms with Crippen molar-refractivity contribution in [1.82, 2.24) is 9.80 Å². The summed E-state index contributed by atoms with van der Waals surface area (Å²) in [6.07, 6.45) is 4.72. The molecule has 100 valence electrons. The normalized spacial score (nSPS) is 28.8. The molecule has 0 bridgehead atoms. The zero-order valence-corrected chi connectivity index (χ0v) is 11.2. The molecule has 0 aromatic carbocycles. The Hall–Kier alpha value is -0.160. The van der Waals surface area contributed by atoms with E-state index in [1.165, 1.54) is 25.9 Å². The van der Waals surface area contributed by atoms with Crippen LogP contribution in [0.2, 0.25) is 0 Å². The lowest BCUT2D eigenvalue weighted by molar-refractivity contribution is -0.183. The van der Waals surface area contributed by atoms with Gasteiger partial charge in [-0.15, -0.1) is 0 Å². The van der Waals surface area contributed by atoms with Gasteiger partial charge in [-0.25, -0.2) is 0 Å². The predicted molar refractivity (Wildman–Crippen MR) is 68.1 cm³/mol. The molecule has 2 aliphatic heterocycles. The second-order valence-corrected chi connectivity index (χ2v) is 5.35. The quantitative estimate of drug-likeness (QED) is 0.739. The van der Waals surface area contributed by atoms with Crippen molar-refractivity contribution in [1.29, 1.82) is 0 Å². The maximum absolute atomic E-state index is 5.58. The lowest BCUT2D eigenvalue weighted by Crippen LogP contribution is -2.45. The van der Waals surface area contributed by atoms with E-state index in [4.69, 9.17) is 9.47 Å². The van der Waals surface area contributed by atoms with Crippen LogP contribution in [0.1, 0.15) is 25.7 Å². The summed E-state index contributed by atoms with van der Waals surface area (Å²) in [7, 11) is 4.44. The monoisotopic (exact) mass is 242 g/mol. The molecule has 1 unspecified atom stereocenters. The third-order valence-corrected chi connectivity index (χ3v) is 3.84. The van der Waals surface area contributed by atoms with E-state index in [1.54, 1.807) is 0 Å². The van der Waals surface area contributed by atoms with Gasteiger partial charge in [0.1, 0.15) is 0 Å². The van der Waals surface area contributed by atoms with E-state index < -0.39 is 0 Å². The average molecular weight is 242 g/mol. The van der Waals surface area contributed by atoms with Gasteiger partial charge >= 0.3 is 0 Å². The Kier molecular flexibility index (Phi) is 5.22. The summed E-state index contributed by atoms with van der Waals surface area (Å²) in [5, 5.41) is 0. The van der Waals surface area contributed by atoms with Gasteiger partial charge in [-0.2, -0.15) is 0 Å². The van der Waals surface area contributed by atoms with Gasteiger partial charge in [-0.05, 0) is 39.9 Å². The minimum atomic E-state index is 0.0347. The first-order valence-corrected chi connectivity index (χ1v) is 6.87. The van der Waals surface area contributed by atoms with Crippen molar-refractivity contribution < 1.29 is 9.47 Å². The van der Waals surface area contributed by atoms with Crippen molar-refractivity contribution in [2.24, 2.45) is 0 Å². The van der Waals surface area contributed by atoms with Gasteiger partial charge < -0.3 is 19.3 Å². The lowest BCUT2D eigenvalue weighted by atomic mass is 10.0. The highest BCUT2D eigenvalue weighted by Gasteiger charge is 2.22. The summed E-state index contributed by atoms with van der Waals surface area (Å²) in [5.74, 6) is 0. The first-order valence-electron chi connectivity index (χ1n) is 6.87. The average Bonchev–Trinajstić information content (AvgIpc) is 2.37. The maximum Gasteiger partial charge on any atom is 0.158 e. The second-order valence-electron chi connectivity index (χ2n) is 5.35. The highest BCUT2D eigenvalue weighted by molar-refractivity contribution is 4.77. The molecular formula is C13H26N2O2. The number of nitrogens with zero attached hydrogens (tertiary/aromatic N) is 2. The van der Waals surface area contributed by atoms with Crippen molar-refractivity contribution in [3.05, 3.63) is 0 Å². The summed E-state index contributed by atoms with van der Waals surface area (Å²) < 4.78 is 11.2. The third-order valence-electron chi connectivity index (χ3n) is 3.84. The van der Waals surface area contributed by atoms with Crippen molar-refractivity contribution in [3.63, 3.8) is 0 Å². The van der Waals surface area contributed by atoms with Crippen LogP contribution in [-0.2, 0) is 9.47 Å². The molecule has 0 aromatic rings. The number of ether oxygens (including phenoxy) is 2.